The van der Waals surface area contributed by atoms with Gasteiger partial charge in [0, 0.05) is 37.6 Å². The zero-order chi connectivity index (χ0) is 28.7. The summed E-state index contributed by atoms with van der Waals surface area (Å²) in [5.41, 5.74) is 2.33. The fourth-order valence-corrected chi connectivity index (χ4v) is 7.01. The number of carbonyl (C=O) groups excluding carboxylic acids is 3. The predicted molar refractivity (Wildman–Crippen MR) is 156 cm³/mol. The summed E-state index contributed by atoms with van der Waals surface area (Å²) in [5, 5.41) is 9.30. The summed E-state index contributed by atoms with van der Waals surface area (Å²) >= 11 is 0. The topological polar surface area (TPSA) is 90.4 Å². The molecule has 0 aromatic heterocycles. The molecule has 4 aliphatic rings. The van der Waals surface area contributed by atoms with Crippen molar-refractivity contribution in [3.05, 3.63) is 84.0 Å². The van der Waals surface area contributed by atoms with E-state index in [0.29, 0.717) is 32.5 Å². The van der Waals surface area contributed by atoms with Crippen molar-refractivity contribution in [1.29, 1.82) is 0 Å². The van der Waals surface area contributed by atoms with Gasteiger partial charge in [-0.3, -0.25) is 14.4 Å². The molecule has 2 fully saturated rings. The molecule has 4 aliphatic heterocycles. The third-order valence-corrected chi connectivity index (χ3v) is 8.94. The van der Waals surface area contributed by atoms with Gasteiger partial charge in [0.15, 0.2) is 0 Å². The van der Waals surface area contributed by atoms with E-state index >= 15 is 0 Å². The summed E-state index contributed by atoms with van der Waals surface area (Å²) in [4.78, 5) is 48.3. The van der Waals surface area contributed by atoms with Gasteiger partial charge in [-0.2, -0.15) is 0 Å². The van der Waals surface area contributed by atoms with E-state index in [1.165, 1.54) is 0 Å². The molecule has 4 heterocycles. The van der Waals surface area contributed by atoms with Crippen LogP contribution >= 0.6 is 0 Å². The molecule has 1 N–H and O–H groups in total. The highest BCUT2D eigenvalue weighted by atomic mass is 16.5. The van der Waals surface area contributed by atoms with Crippen LogP contribution in [0, 0.1) is 25.7 Å². The van der Waals surface area contributed by atoms with Gasteiger partial charge in [0.1, 0.15) is 11.6 Å². The lowest BCUT2D eigenvalue weighted by atomic mass is 9.77. The minimum atomic E-state index is -1.26. The Morgan fingerprint density at radius 1 is 0.902 bits per heavy atom. The Kier molecular flexibility index (Phi) is 7.30. The number of likely N-dealkylation sites (tertiary alicyclic amines) is 1. The summed E-state index contributed by atoms with van der Waals surface area (Å²) in [5.74, 6) is -2.16. The molecule has 0 bridgehead atoms. The molecule has 5 atom stereocenters. The summed E-state index contributed by atoms with van der Waals surface area (Å²) in [6, 6.07) is 14.6. The van der Waals surface area contributed by atoms with Crippen LogP contribution in [-0.2, 0) is 19.1 Å². The second-order valence-corrected chi connectivity index (χ2v) is 11.5. The van der Waals surface area contributed by atoms with Crippen LogP contribution in [0.25, 0.3) is 0 Å². The second-order valence-electron chi connectivity index (χ2n) is 11.5. The molecular weight excluding hydrogens is 518 g/mol. The van der Waals surface area contributed by atoms with Crippen LogP contribution in [0.3, 0.4) is 0 Å². The van der Waals surface area contributed by atoms with Crippen molar-refractivity contribution in [2.45, 2.75) is 50.9 Å². The first kappa shape index (κ1) is 27.4. The number of carbonyl (C=O) groups is 3. The molecule has 3 amide bonds. The first-order valence-corrected chi connectivity index (χ1v) is 14.6. The van der Waals surface area contributed by atoms with Crippen molar-refractivity contribution >= 4 is 29.1 Å². The Hall–Kier alpha value is -3.75. The van der Waals surface area contributed by atoms with Gasteiger partial charge in [-0.1, -0.05) is 54.6 Å². The van der Waals surface area contributed by atoms with E-state index in [1.54, 1.807) is 14.7 Å². The molecule has 2 saturated heterocycles. The maximum absolute atomic E-state index is 14.6. The van der Waals surface area contributed by atoms with E-state index in [2.05, 4.69) is 0 Å². The lowest BCUT2D eigenvalue weighted by molar-refractivity contribution is -0.140. The molecule has 8 nitrogen and oxygen atoms in total. The van der Waals surface area contributed by atoms with E-state index < -0.39 is 29.6 Å². The minimum absolute atomic E-state index is 0.0784. The Morgan fingerprint density at radius 2 is 1.68 bits per heavy atom. The molecule has 2 aromatic rings. The molecule has 2 aromatic carbocycles. The van der Waals surface area contributed by atoms with E-state index in [0.717, 1.165) is 28.9 Å². The number of benzene rings is 2. The third kappa shape index (κ3) is 4.50. The number of unbranched alkanes of at least 4 members (excludes halogenated alkanes) is 2. The van der Waals surface area contributed by atoms with Crippen LogP contribution in [0.2, 0.25) is 0 Å². The number of fused-ring (bicyclic) bond motifs is 2. The normalized spacial score (nSPS) is 29.0. The molecule has 41 heavy (non-hydrogen) atoms. The maximum atomic E-state index is 14.6. The monoisotopic (exact) mass is 555 g/mol. The van der Waals surface area contributed by atoms with E-state index in [-0.39, 0.29) is 24.3 Å². The minimum Gasteiger partial charge on any atom is -0.396 e. The maximum Gasteiger partial charge on any atom is 0.253 e. The Labute approximate surface area is 240 Å². The Morgan fingerprint density at radius 3 is 2.46 bits per heavy atom. The van der Waals surface area contributed by atoms with Gasteiger partial charge in [0.25, 0.3) is 5.91 Å². The molecule has 1 unspecified atom stereocenters. The number of nitrogens with zero attached hydrogens (tertiary/aromatic N) is 3. The Balaban J connectivity index is 1.42. The summed E-state index contributed by atoms with van der Waals surface area (Å²) in [6.07, 6.45) is 9.00. The number of aliphatic hydroxyl groups is 1. The predicted octanol–water partition coefficient (Wildman–Crippen LogP) is 3.55. The van der Waals surface area contributed by atoms with Gasteiger partial charge in [0.05, 0.1) is 17.9 Å². The molecule has 8 heteroatoms. The molecule has 214 valence electrons. The Bertz CT molecular complexity index is 1400. The van der Waals surface area contributed by atoms with Crippen LogP contribution in [0.4, 0.5) is 11.4 Å². The largest absolute Gasteiger partial charge is 0.396 e. The van der Waals surface area contributed by atoms with E-state index in [4.69, 9.17) is 4.74 Å². The number of hydrogen-bond acceptors (Lipinski definition) is 5. The summed E-state index contributed by atoms with van der Waals surface area (Å²) in [7, 11) is 0. The summed E-state index contributed by atoms with van der Waals surface area (Å²) < 4.78 is 6.76. The zero-order valence-corrected chi connectivity index (χ0v) is 23.6. The lowest BCUT2D eigenvalue weighted by Crippen LogP contribution is -2.55. The van der Waals surface area contributed by atoms with Crippen LogP contribution in [0.5, 0.6) is 0 Å². The number of aryl methyl sites for hydroxylation is 2. The van der Waals surface area contributed by atoms with Gasteiger partial charge in [-0.15, -0.1) is 0 Å². The SMILES string of the molecule is Cc1ccc(C)c(N2CC=C[C@]34O[C@H]5C=CCN(c6ccccc6)C(=O)[C@H]5[C@H]3C(=O)N(CCCCCO)C4C2=O)c1. The quantitative estimate of drug-likeness (QED) is 0.417. The van der Waals surface area contributed by atoms with Crippen LogP contribution in [0.15, 0.2) is 72.8 Å². The van der Waals surface area contributed by atoms with Crippen molar-refractivity contribution in [3.8, 4) is 0 Å². The first-order valence-electron chi connectivity index (χ1n) is 14.6. The number of hydrogen-bond donors (Lipinski definition) is 1. The van der Waals surface area contributed by atoms with Crippen molar-refractivity contribution in [2.24, 2.45) is 11.8 Å². The zero-order valence-electron chi connectivity index (χ0n) is 23.6. The van der Waals surface area contributed by atoms with Crippen molar-refractivity contribution in [3.63, 3.8) is 0 Å². The average molecular weight is 556 g/mol. The fraction of sp³-hybridized carbons (Fsp3) is 0.424. The molecule has 0 aliphatic carbocycles. The highest BCUT2D eigenvalue weighted by Gasteiger charge is 2.71. The first-order chi connectivity index (χ1) is 19.9. The van der Waals surface area contributed by atoms with Gasteiger partial charge in [-0.05, 0) is 62.4 Å². The highest BCUT2D eigenvalue weighted by Crippen LogP contribution is 2.54. The van der Waals surface area contributed by atoms with Crippen LogP contribution in [0.1, 0.15) is 30.4 Å². The van der Waals surface area contributed by atoms with Gasteiger partial charge in [-0.25, -0.2) is 0 Å². The molecule has 0 radical (unpaired) electrons. The van der Waals surface area contributed by atoms with Gasteiger partial charge < -0.3 is 24.5 Å². The van der Waals surface area contributed by atoms with E-state index in [9.17, 15) is 19.5 Å². The number of rotatable bonds is 7. The van der Waals surface area contributed by atoms with E-state index in [1.807, 2.05) is 86.7 Å². The second kappa shape index (κ2) is 10.9. The number of anilines is 2. The lowest BCUT2D eigenvalue weighted by Gasteiger charge is -2.35. The van der Waals surface area contributed by atoms with Crippen molar-refractivity contribution < 1.29 is 24.2 Å². The highest BCUT2D eigenvalue weighted by molar-refractivity contribution is 6.07. The van der Waals surface area contributed by atoms with Crippen LogP contribution < -0.4 is 9.80 Å². The summed E-state index contributed by atoms with van der Waals surface area (Å²) in [6.45, 7) is 5.14. The van der Waals surface area contributed by atoms with Crippen molar-refractivity contribution in [1.82, 2.24) is 4.90 Å². The van der Waals surface area contributed by atoms with Crippen LogP contribution in [-0.4, -0.2) is 71.7 Å². The molecular formula is C33H37N3O5. The fourth-order valence-electron chi connectivity index (χ4n) is 7.01. The molecule has 1 spiro atoms. The third-order valence-electron chi connectivity index (χ3n) is 8.94. The number of aliphatic hydroxyl groups excluding tert-OH is 1. The van der Waals surface area contributed by atoms with Crippen molar-refractivity contribution in [2.75, 3.05) is 36.0 Å². The van der Waals surface area contributed by atoms with Gasteiger partial charge >= 0.3 is 0 Å². The molecule has 0 saturated carbocycles. The number of para-hydroxylation sites is 1. The van der Waals surface area contributed by atoms with Gasteiger partial charge in [0.2, 0.25) is 11.8 Å². The number of ether oxygens (including phenoxy) is 1. The number of amides is 3. The average Bonchev–Trinajstić information content (AvgIpc) is 3.28. The molecule has 6 rings (SSSR count). The standard InChI is InChI=1S/C33H37N3O5/c1-22-14-15-23(2)25(21-22)35-19-10-16-33-28(31(39)36(29(33)32(35)40)17-7-4-8-20-37)27-26(41-33)13-9-18-34(30(27)38)24-11-5-3-6-12-24/h3,5-6,9-16,21,26-29,37H,4,7-8,17-20H2,1-2H3/t26-,27+,28-,29?,33-/m0/s1. The smallest absolute Gasteiger partial charge is 0.253 e.